The van der Waals surface area contributed by atoms with Crippen molar-refractivity contribution in [1.29, 1.82) is 0 Å². The summed E-state index contributed by atoms with van der Waals surface area (Å²) < 4.78 is 1.33. The molecule has 4 N–H and O–H groups in total. The first-order valence-corrected chi connectivity index (χ1v) is 4.63. The normalized spacial score (nSPS) is 10.5. The van der Waals surface area contributed by atoms with E-state index in [4.69, 9.17) is 34.7 Å². The van der Waals surface area contributed by atoms with Gasteiger partial charge < -0.3 is 11.5 Å². The number of nitrogens with zero attached hydrogens (tertiary/aromatic N) is 4. The molecule has 2 aromatic heterocycles. The molecule has 6 nitrogen and oxygen atoms in total. The van der Waals surface area contributed by atoms with Crippen LogP contribution in [0.4, 0.5) is 11.5 Å². The molecule has 0 aromatic carbocycles. The van der Waals surface area contributed by atoms with E-state index >= 15 is 0 Å². The number of nitrogen functional groups attached to an aromatic ring is 2. The lowest BCUT2D eigenvalue weighted by atomic mass is 10.5. The third kappa shape index (κ3) is 1.81. The van der Waals surface area contributed by atoms with E-state index in [1.165, 1.54) is 16.9 Å². The van der Waals surface area contributed by atoms with Crippen LogP contribution in [-0.2, 0) is 0 Å². The van der Waals surface area contributed by atoms with Crippen LogP contribution in [0.3, 0.4) is 0 Å². The fourth-order valence-corrected chi connectivity index (χ4v) is 1.44. The first-order valence-electron chi connectivity index (χ1n) is 3.87. The fourth-order valence-electron chi connectivity index (χ4n) is 1.04. The summed E-state index contributed by atoms with van der Waals surface area (Å²) in [5.74, 6) is 0.648. The highest BCUT2D eigenvalue weighted by Crippen LogP contribution is 2.19. The Morgan fingerprint density at radius 2 is 1.93 bits per heavy atom. The van der Waals surface area contributed by atoms with Crippen LogP contribution in [0.1, 0.15) is 0 Å². The van der Waals surface area contributed by atoms with Crippen LogP contribution in [0.25, 0.3) is 5.82 Å². The van der Waals surface area contributed by atoms with Crippen LogP contribution in [0, 0.1) is 0 Å². The molecule has 0 saturated heterocycles. The number of rotatable bonds is 1. The van der Waals surface area contributed by atoms with Gasteiger partial charge in [-0.1, -0.05) is 11.6 Å². The molecule has 0 saturated carbocycles. The van der Waals surface area contributed by atoms with Crippen molar-refractivity contribution in [2.75, 3.05) is 11.5 Å². The van der Waals surface area contributed by atoms with Gasteiger partial charge in [0.2, 0.25) is 5.28 Å². The molecular weight excluding hydrogens is 239 g/mol. The molecule has 2 heterocycles. The molecule has 0 aliphatic heterocycles. The van der Waals surface area contributed by atoms with E-state index in [9.17, 15) is 0 Å². The summed E-state index contributed by atoms with van der Waals surface area (Å²) in [4.78, 5) is 7.62. The Kier molecular flexibility index (Phi) is 2.37. The van der Waals surface area contributed by atoms with Crippen LogP contribution in [-0.4, -0.2) is 19.7 Å². The van der Waals surface area contributed by atoms with Crippen molar-refractivity contribution in [3.8, 4) is 5.82 Å². The van der Waals surface area contributed by atoms with E-state index in [1.54, 1.807) is 0 Å². The van der Waals surface area contributed by atoms with Gasteiger partial charge in [0.25, 0.3) is 0 Å². The monoisotopic (exact) mass is 244 g/mol. The minimum atomic E-state index is 0.0194. The lowest BCUT2D eigenvalue weighted by molar-refractivity contribution is 0.849. The number of hydrogen-bond acceptors (Lipinski definition) is 5. The Hall–Kier alpha value is -1.53. The van der Waals surface area contributed by atoms with E-state index in [1.807, 2.05) is 0 Å². The zero-order valence-corrected chi connectivity index (χ0v) is 8.87. The van der Waals surface area contributed by atoms with Gasteiger partial charge in [0.1, 0.15) is 5.15 Å². The Bertz CT molecular complexity index is 488. The molecule has 0 spiro atoms. The number of hydrogen-bond donors (Lipinski definition) is 2. The van der Waals surface area contributed by atoms with Crippen molar-refractivity contribution in [2.45, 2.75) is 0 Å². The lowest BCUT2D eigenvalue weighted by Crippen LogP contribution is -2.05. The molecule has 0 unspecified atom stereocenters. The Morgan fingerprint density at radius 1 is 1.20 bits per heavy atom. The van der Waals surface area contributed by atoms with Gasteiger partial charge in [-0.3, -0.25) is 0 Å². The lowest BCUT2D eigenvalue weighted by Gasteiger charge is -2.03. The summed E-state index contributed by atoms with van der Waals surface area (Å²) >= 11 is 11.3. The van der Waals surface area contributed by atoms with Crippen molar-refractivity contribution in [3.05, 3.63) is 22.7 Å². The van der Waals surface area contributed by atoms with Gasteiger partial charge >= 0.3 is 0 Å². The predicted molar refractivity (Wildman–Crippen MR) is 58.0 cm³/mol. The standard InChI is InChI=1S/C7H6Cl2N6/c8-4-1-5(14-7(9)13-4)15-6(11)3(10)2-12-15/h1-2H,10-11H2. The second-order valence-corrected chi connectivity index (χ2v) is 3.44. The van der Waals surface area contributed by atoms with Gasteiger partial charge in [0.05, 0.1) is 11.9 Å². The van der Waals surface area contributed by atoms with E-state index in [0.717, 1.165) is 0 Å². The summed E-state index contributed by atoms with van der Waals surface area (Å²) in [6.07, 6.45) is 1.42. The average molecular weight is 245 g/mol. The maximum Gasteiger partial charge on any atom is 0.225 e. The quantitative estimate of drug-likeness (QED) is 0.580. The first-order chi connectivity index (χ1) is 7.08. The Labute approximate surface area is 94.8 Å². The van der Waals surface area contributed by atoms with E-state index in [2.05, 4.69) is 15.1 Å². The molecule has 15 heavy (non-hydrogen) atoms. The third-order valence-corrected chi connectivity index (χ3v) is 2.07. The molecular formula is C7H6Cl2N6. The van der Waals surface area contributed by atoms with Gasteiger partial charge in [0, 0.05) is 6.07 Å². The number of aromatic nitrogens is 4. The minimum absolute atomic E-state index is 0.0194. The molecule has 0 amide bonds. The van der Waals surface area contributed by atoms with Crippen molar-refractivity contribution >= 4 is 34.7 Å². The largest absolute Gasteiger partial charge is 0.394 e. The molecule has 8 heteroatoms. The van der Waals surface area contributed by atoms with Gasteiger partial charge in [0.15, 0.2) is 11.6 Å². The molecule has 0 aliphatic carbocycles. The molecule has 0 radical (unpaired) electrons. The molecule has 0 aliphatic rings. The van der Waals surface area contributed by atoms with Gasteiger partial charge in [-0.15, -0.1) is 0 Å². The van der Waals surface area contributed by atoms with Gasteiger partial charge in [-0.25, -0.2) is 4.98 Å². The summed E-state index contributed by atoms with van der Waals surface area (Å²) in [6.45, 7) is 0. The minimum Gasteiger partial charge on any atom is -0.394 e. The summed E-state index contributed by atoms with van der Waals surface area (Å²) in [7, 11) is 0. The zero-order valence-electron chi connectivity index (χ0n) is 7.35. The van der Waals surface area contributed by atoms with Crippen LogP contribution in [0.15, 0.2) is 12.3 Å². The summed E-state index contributed by atoms with van der Waals surface area (Å²) in [5, 5.41) is 4.15. The average Bonchev–Trinajstić information content (AvgIpc) is 2.46. The highest BCUT2D eigenvalue weighted by Gasteiger charge is 2.09. The smallest absolute Gasteiger partial charge is 0.225 e. The molecule has 0 bridgehead atoms. The maximum atomic E-state index is 5.71. The third-order valence-electron chi connectivity index (χ3n) is 1.71. The van der Waals surface area contributed by atoms with Crippen LogP contribution in [0.2, 0.25) is 10.4 Å². The van der Waals surface area contributed by atoms with Crippen molar-refractivity contribution < 1.29 is 0 Å². The van der Waals surface area contributed by atoms with Crippen molar-refractivity contribution in [3.63, 3.8) is 0 Å². The summed E-state index contributed by atoms with van der Waals surface area (Å²) in [6, 6.07) is 1.48. The highest BCUT2D eigenvalue weighted by molar-refractivity contribution is 6.31. The fraction of sp³-hybridized carbons (Fsp3) is 0. The second-order valence-electron chi connectivity index (χ2n) is 2.71. The molecule has 2 aromatic rings. The molecule has 0 atom stereocenters. The van der Waals surface area contributed by atoms with E-state index in [0.29, 0.717) is 11.5 Å². The van der Waals surface area contributed by atoms with Crippen molar-refractivity contribution in [1.82, 2.24) is 19.7 Å². The molecule has 2 rings (SSSR count). The Morgan fingerprint density at radius 3 is 2.47 bits per heavy atom. The van der Waals surface area contributed by atoms with Crippen LogP contribution >= 0.6 is 23.2 Å². The molecule has 78 valence electrons. The van der Waals surface area contributed by atoms with Crippen LogP contribution in [0.5, 0.6) is 0 Å². The van der Waals surface area contributed by atoms with Gasteiger partial charge in [-0.05, 0) is 11.6 Å². The number of anilines is 2. The van der Waals surface area contributed by atoms with E-state index < -0.39 is 0 Å². The maximum absolute atomic E-state index is 5.71. The van der Waals surface area contributed by atoms with Crippen molar-refractivity contribution in [2.24, 2.45) is 0 Å². The SMILES string of the molecule is Nc1cnn(-c2cc(Cl)nc(Cl)n2)c1N. The van der Waals surface area contributed by atoms with Crippen LogP contribution < -0.4 is 11.5 Å². The van der Waals surface area contributed by atoms with E-state index in [-0.39, 0.29) is 16.3 Å². The second kappa shape index (κ2) is 3.56. The number of nitrogens with two attached hydrogens (primary N) is 2. The molecule has 0 fully saturated rings. The summed E-state index contributed by atoms with van der Waals surface area (Å²) in [5.41, 5.74) is 11.6. The topological polar surface area (TPSA) is 95.6 Å². The highest BCUT2D eigenvalue weighted by atomic mass is 35.5. The first kappa shape index (κ1) is 10.0. The van der Waals surface area contributed by atoms with Gasteiger partial charge in [-0.2, -0.15) is 14.8 Å². The zero-order chi connectivity index (χ0) is 11.0. The Balaban J connectivity index is 2.58. The predicted octanol–water partition coefficient (Wildman–Crippen LogP) is 1.13. The number of halogens is 2.